The van der Waals surface area contributed by atoms with Crippen LogP contribution in [0.2, 0.25) is 0 Å². The van der Waals surface area contributed by atoms with E-state index in [2.05, 4.69) is 0 Å². The van der Waals surface area contributed by atoms with Crippen molar-refractivity contribution in [3.8, 4) is 10.4 Å². The number of aliphatic hydroxyl groups is 1. The molecular formula is C15H14FNO2S. The van der Waals surface area contributed by atoms with Crippen molar-refractivity contribution in [2.24, 2.45) is 0 Å². The zero-order valence-electron chi connectivity index (χ0n) is 10.8. The number of likely N-dealkylation sites (tertiary alicyclic amines) is 1. The van der Waals surface area contributed by atoms with Gasteiger partial charge in [0.15, 0.2) is 0 Å². The molecule has 2 heterocycles. The predicted molar refractivity (Wildman–Crippen MR) is 76.2 cm³/mol. The second kappa shape index (κ2) is 5.34. The van der Waals surface area contributed by atoms with E-state index in [-0.39, 0.29) is 11.7 Å². The molecule has 0 bridgehead atoms. The number of halogens is 1. The quantitative estimate of drug-likeness (QED) is 0.924. The standard InChI is InChI=1S/C15H14FNO2S/c16-11-3-1-10(2-4-11)13-5-6-14(20-13)15(19)17-8-7-12(18)9-17/h1-6,12,18H,7-9H2/t12-/m0/s1. The van der Waals surface area contributed by atoms with Gasteiger partial charge in [0.1, 0.15) is 5.82 Å². The van der Waals surface area contributed by atoms with E-state index in [1.165, 1.54) is 23.5 Å². The summed E-state index contributed by atoms with van der Waals surface area (Å²) in [6.45, 7) is 1.01. The minimum atomic E-state index is -0.407. The summed E-state index contributed by atoms with van der Waals surface area (Å²) in [7, 11) is 0. The van der Waals surface area contributed by atoms with Crippen molar-refractivity contribution in [3.05, 3.63) is 47.1 Å². The van der Waals surface area contributed by atoms with Gasteiger partial charge < -0.3 is 10.0 Å². The normalized spacial score (nSPS) is 18.5. The van der Waals surface area contributed by atoms with E-state index >= 15 is 0 Å². The van der Waals surface area contributed by atoms with E-state index in [1.807, 2.05) is 6.07 Å². The summed E-state index contributed by atoms with van der Waals surface area (Å²) in [6, 6.07) is 9.89. The first kappa shape index (κ1) is 13.3. The Morgan fingerprint density at radius 3 is 2.65 bits per heavy atom. The van der Waals surface area contributed by atoms with Crippen molar-refractivity contribution < 1.29 is 14.3 Å². The smallest absolute Gasteiger partial charge is 0.264 e. The number of β-amino-alcohol motifs (C(OH)–C–C–N with tert-alkyl or cyclic N) is 1. The Bertz CT molecular complexity index is 623. The van der Waals surface area contributed by atoms with Crippen LogP contribution in [-0.2, 0) is 0 Å². The zero-order chi connectivity index (χ0) is 14.1. The predicted octanol–water partition coefficient (Wildman–Crippen LogP) is 2.76. The number of carbonyl (C=O) groups excluding carboxylic acids is 1. The molecule has 3 rings (SSSR count). The van der Waals surface area contributed by atoms with Gasteiger partial charge in [-0.25, -0.2) is 4.39 Å². The molecule has 20 heavy (non-hydrogen) atoms. The van der Waals surface area contributed by atoms with Crippen LogP contribution in [0, 0.1) is 5.82 Å². The van der Waals surface area contributed by atoms with Gasteiger partial charge in [-0.2, -0.15) is 0 Å². The van der Waals surface area contributed by atoms with E-state index in [4.69, 9.17) is 0 Å². The summed E-state index contributed by atoms with van der Waals surface area (Å²) in [4.78, 5) is 15.5. The molecule has 1 amide bonds. The molecule has 0 saturated carbocycles. The second-order valence-electron chi connectivity index (χ2n) is 4.86. The Balaban J connectivity index is 1.79. The van der Waals surface area contributed by atoms with Gasteiger partial charge in [-0.15, -0.1) is 11.3 Å². The van der Waals surface area contributed by atoms with Gasteiger partial charge in [-0.3, -0.25) is 4.79 Å². The van der Waals surface area contributed by atoms with Gasteiger partial charge in [-0.05, 0) is 36.2 Å². The van der Waals surface area contributed by atoms with Crippen molar-refractivity contribution >= 4 is 17.2 Å². The Labute approximate surface area is 120 Å². The number of hydrogen-bond acceptors (Lipinski definition) is 3. The summed E-state index contributed by atoms with van der Waals surface area (Å²) in [5, 5.41) is 9.48. The summed E-state index contributed by atoms with van der Waals surface area (Å²) in [6.07, 6.45) is 0.234. The van der Waals surface area contributed by atoms with Gasteiger partial charge in [0.05, 0.1) is 11.0 Å². The Morgan fingerprint density at radius 2 is 2.00 bits per heavy atom. The molecule has 1 fully saturated rings. The highest BCUT2D eigenvalue weighted by Gasteiger charge is 2.26. The summed E-state index contributed by atoms with van der Waals surface area (Å²) in [5.74, 6) is -0.312. The van der Waals surface area contributed by atoms with E-state index < -0.39 is 6.10 Å². The number of rotatable bonds is 2. The minimum Gasteiger partial charge on any atom is -0.391 e. The van der Waals surface area contributed by atoms with Crippen LogP contribution in [0.4, 0.5) is 4.39 Å². The average Bonchev–Trinajstić information content (AvgIpc) is 3.08. The first-order valence-electron chi connectivity index (χ1n) is 6.46. The first-order valence-corrected chi connectivity index (χ1v) is 7.28. The van der Waals surface area contributed by atoms with E-state index in [0.29, 0.717) is 24.4 Å². The Kier molecular flexibility index (Phi) is 3.54. The minimum absolute atomic E-state index is 0.0417. The fourth-order valence-corrected chi connectivity index (χ4v) is 3.28. The van der Waals surface area contributed by atoms with Gasteiger partial charge in [-0.1, -0.05) is 12.1 Å². The third-order valence-electron chi connectivity index (χ3n) is 3.40. The molecule has 3 nitrogen and oxygen atoms in total. The number of amides is 1. The molecule has 2 aromatic rings. The molecule has 1 aromatic heterocycles. The third-order valence-corrected chi connectivity index (χ3v) is 4.52. The molecule has 5 heteroatoms. The molecule has 104 valence electrons. The van der Waals surface area contributed by atoms with Crippen molar-refractivity contribution in [2.45, 2.75) is 12.5 Å². The van der Waals surface area contributed by atoms with E-state index in [1.54, 1.807) is 23.1 Å². The molecule has 1 N–H and O–H groups in total. The van der Waals surface area contributed by atoms with Gasteiger partial charge in [0.25, 0.3) is 5.91 Å². The molecule has 0 unspecified atom stereocenters. The topological polar surface area (TPSA) is 40.5 Å². The fraction of sp³-hybridized carbons (Fsp3) is 0.267. The SMILES string of the molecule is O=C(c1ccc(-c2ccc(F)cc2)s1)N1CC[C@H](O)C1. The van der Waals surface area contributed by atoms with Crippen molar-refractivity contribution in [2.75, 3.05) is 13.1 Å². The highest BCUT2D eigenvalue weighted by Crippen LogP contribution is 2.29. The first-order chi connectivity index (χ1) is 9.63. The summed E-state index contributed by atoms with van der Waals surface area (Å²) in [5.41, 5.74) is 0.900. The molecule has 0 aliphatic carbocycles. The van der Waals surface area contributed by atoms with Crippen LogP contribution in [0.15, 0.2) is 36.4 Å². The van der Waals surface area contributed by atoms with Crippen LogP contribution in [0.1, 0.15) is 16.1 Å². The number of carbonyl (C=O) groups is 1. The van der Waals surface area contributed by atoms with Gasteiger partial charge in [0.2, 0.25) is 0 Å². The molecule has 1 aliphatic rings. The third kappa shape index (κ3) is 2.59. The maximum Gasteiger partial charge on any atom is 0.264 e. The molecule has 0 radical (unpaired) electrons. The Morgan fingerprint density at radius 1 is 1.25 bits per heavy atom. The lowest BCUT2D eigenvalue weighted by molar-refractivity contribution is 0.0769. The summed E-state index contributed by atoms with van der Waals surface area (Å²) < 4.78 is 12.9. The van der Waals surface area contributed by atoms with Crippen molar-refractivity contribution in [3.63, 3.8) is 0 Å². The number of thiophene rings is 1. The van der Waals surface area contributed by atoms with Crippen molar-refractivity contribution in [1.82, 2.24) is 4.90 Å². The monoisotopic (exact) mass is 291 g/mol. The number of nitrogens with zero attached hydrogens (tertiary/aromatic N) is 1. The zero-order valence-corrected chi connectivity index (χ0v) is 11.6. The van der Waals surface area contributed by atoms with Crippen LogP contribution >= 0.6 is 11.3 Å². The lowest BCUT2D eigenvalue weighted by Crippen LogP contribution is -2.28. The number of hydrogen-bond donors (Lipinski definition) is 1. The number of aliphatic hydroxyl groups excluding tert-OH is 1. The largest absolute Gasteiger partial charge is 0.391 e. The lowest BCUT2D eigenvalue weighted by Gasteiger charge is -2.13. The lowest BCUT2D eigenvalue weighted by atomic mass is 10.2. The van der Waals surface area contributed by atoms with Crippen LogP contribution in [0.5, 0.6) is 0 Å². The van der Waals surface area contributed by atoms with Crippen LogP contribution in [-0.4, -0.2) is 35.1 Å². The Hall–Kier alpha value is -1.72. The molecule has 1 atom stereocenters. The van der Waals surface area contributed by atoms with Crippen molar-refractivity contribution in [1.29, 1.82) is 0 Å². The molecule has 1 aliphatic heterocycles. The second-order valence-corrected chi connectivity index (χ2v) is 5.95. The molecule has 1 saturated heterocycles. The van der Waals surface area contributed by atoms with E-state index in [9.17, 15) is 14.3 Å². The van der Waals surface area contributed by atoms with E-state index in [0.717, 1.165) is 10.4 Å². The fourth-order valence-electron chi connectivity index (χ4n) is 2.30. The summed E-state index contributed by atoms with van der Waals surface area (Å²) >= 11 is 1.39. The maximum atomic E-state index is 12.9. The van der Waals surface area contributed by atoms with Crippen LogP contribution in [0.3, 0.4) is 0 Å². The van der Waals surface area contributed by atoms with Gasteiger partial charge >= 0.3 is 0 Å². The molecule has 1 aromatic carbocycles. The average molecular weight is 291 g/mol. The molecule has 0 spiro atoms. The maximum absolute atomic E-state index is 12.9. The van der Waals surface area contributed by atoms with Crippen LogP contribution in [0.25, 0.3) is 10.4 Å². The highest BCUT2D eigenvalue weighted by molar-refractivity contribution is 7.17. The highest BCUT2D eigenvalue weighted by atomic mass is 32.1. The molecular weight excluding hydrogens is 277 g/mol. The van der Waals surface area contributed by atoms with Gasteiger partial charge in [0, 0.05) is 18.0 Å². The van der Waals surface area contributed by atoms with Crippen LogP contribution < -0.4 is 0 Å². The number of benzene rings is 1.